The molecule has 0 amide bonds. The molecule has 10 heteroatoms. The molecule has 0 bridgehead atoms. The summed E-state index contributed by atoms with van der Waals surface area (Å²) >= 11 is 0. The number of methoxy groups -OCH3 is 3. The van der Waals surface area contributed by atoms with Crippen molar-refractivity contribution in [3.63, 3.8) is 0 Å². The fraction of sp³-hybridized carbons (Fsp3) is 0.217. The number of aromatic amines is 1. The van der Waals surface area contributed by atoms with Gasteiger partial charge in [-0.25, -0.2) is 9.97 Å². The van der Waals surface area contributed by atoms with Gasteiger partial charge < -0.3 is 23.6 Å². The molecule has 4 heterocycles. The van der Waals surface area contributed by atoms with Gasteiger partial charge in [-0.3, -0.25) is 0 Å². The second-order valence-corrected chi connectivity index (χ2v) is 11.7. The van der Waals surface area contributed by atoms with Gasteiger partial charge in [-0.05, 0) is 55.0 Å². The van der Waals surface area contributed by atoms with Gasteiger partial charge in [-0.1, -0.05) is 6.07 Å². The first-order chi connectivity index (χ1) is 15.8. The first-order valence-corrected chi connectivity index (χ1v) is 12.2. The Morgan fingerprint density at radius 3 is 2.21 bits per heavy atom. The molecule has 4 aromatic rings. The van der Waals surface area contributed by atoms with Crippen LogP contribution in [0.5, 0.6) is 0 Å². The molecule has 176 valence electrons. The molecular weight excluding hydrogens is 452 g/mol. The Morgan fingerprint density at radius 2 is 1.67 bits per heavy atom. The van der Waals surface area contributed by atoms with E-state index in [-0.39, 0.29) is 5.56 Å². The summed E-state index contributed by atoms with van der Waals surface area (Å²) in [6.07, 6.45) is 5.39. The summed E-state index contributed by atoms with van der Waals surface area (Å²) in [6, 6.07) is 11.8. The zero-order valence-corrected chi connectivity index (χ0v) is 19.4. The normalized spacial score (nSPS) is 14.6. The SMILES string of the molecule is COC(OC)(OC)S(F)(F)(c1ccccn1)(c1ccco1)c1nccc(C)c1-c1ccc[nH]1. The molecule has 0 saturated carbocycles. The lowest BCUT2D eigenvalue weighted by atomic mass is 10.1. The van der Waals surface area contributed by atoms with Crippen LogP contribution in [-0.2, 0) is 14.2 Å². The van der Waals surface area contributed by atoms with Gasteiger partial charge in [-0.2, -0.15) is 7.77 Å². The fourth-order valence-corrected chi connectivity index (χ4v) is 9.16. The molecule has 0 saturated heterocycles. The minimum absolute atomic E-state index is 0.159. The van der Waals surface area contributed by atoms with Crippen molar-refractivity contribution in [1.29, 1.82) is 0 Å². The van der Waals surface area contributed by atoms with Crippen LogP contribution < -0.4 is 0 Å². The van der Waals surface area contributed by atoms with E-state index in [0.29, 0.717) is 11.3 Å². The van der Waals surface area contributed by atoms with E-state index >= 15 is 7.77 Å². The van der Waals surface area contributed by atoms with E-state index in [4.69, 9.17) is 18.6 Å². The van der Waals surface area contributed by atoms with Gasteiger partial charge in [0.15, 0.2) is 5.09 Å². The first kappa shape index (κ1) is 23.1. The number of halogens is 2. The maximum atomic E-state index is 19.1. The average molecular weight is 478 g/mol. The van der Waals surface area contributed by atoms with Gasteiger partial charge in [-0.15, -0.1) is 0 Å². The Labute approximate surface area is 189 Å². The van der Waals surface area contributed by atoms with Crippen molar-refractivity contribution in [3.05, 3.63) is 78.9 Å². The molecule has 0 fully saturated rings. The molecule has 0 atom stereocenters. The van der Waals surface area contributed by atoms with Crippen LogP contribution in [0.3, 0.4) is 0 Å². The van der Waals surface area contributed by atoms with Gasteiger partial charge in [0.25, 0.3) is 0 Å². The van der Waals surface area contributed by atoms with Crippen LogP contribution in [0.1, 0.15) is 5.56 Å². The third kappa shape index (κ3) is 2.54. The Balaban J connectivity index is 2.40. The van der Waals surface area contributed by atoms with Gasteiger partial charge in [0.05, 0.1) is 6.26 Å². The van der Waals surface area contributed by atoms with Crippen molar-refractivity contribution in [2.45, 2.75) is 27.4 Å². The zero-order valence-electron chi connectivity index (χ0n) is 18.6. The van der Waals surface area contributed by atoms with E-state index in [2.05, 4.69) is 15.0 Å². The Morgan fingerprint density at radius 1 is 0.909 bits per heavy atom. The zero-order chi connectivity index (χ0) is 23.8. The highest BCUT2D eigenvalue weighted by atomic mass is 32.4. The second-order valence-electron chi connectivity index (χ2n) is 7.39. The molecular formula is C23H25F2N3O4S. The summed E-state index contributed by atoms with van der Waals surface area (Å²) in [6.45, 7) is 1.72. The smallest absolute Gasteiger partial charge is 0.369 e. The topological polar surface area (TPSA) is 82.4 Å². The van der Waals surface area contributed by atoms with E-state index < -0.39 is 29.5 Å². The largest absolute Gasteiger partial charge is 0.456 e. The van der Waals surface area contributed by atoms with Crippen molar-refractivity contribution in [2.24, 2.45) is 0 Å². The summed E-state index contributed by atoms with van der Waals surface area (Å²) in [5.41, 5.74) is 1.13. The molecule has 1 N–H and O–H groups in total. The van der Waals surface area contributed by atoms with Gasteiger partial charge in [0.2, 0.25) is 0 Å². The number of aryl methyl sites for hydroxylation is 1. The Bertz CT molecular complexity index is 1250. The molecule has 0 aliphatic rings. The number of pyridine rings is 2. The quantitative estimate of drug-likeness (QED) is 0.311. The first-order valence-electron chi connectivity index (χ1n) is 9.98. The summed E-state index contributed by atoms with van der Waals surface area (Å²) < 4.78 is 60.1. The Kier molecular flexibility index (Phi) is 5.25. The molecule has 4 rings (SSSR count). The van der Waals surface area contributed by atoms with Crippen molar-refractivity contribution in [1.82, 2.24) is 15.0 Å². The van der Waals surface area contributed by atoms with E-state index in [1.54, 1.807) is 31.3 Å². The van der Waals surface area contributed by atoms with Crippen molar-refractivity contribution in [3.8, 4) is 11.3 Å². The number of rotatable bonds is 8. The predicted octanol–water partition coefficient (Wildman–Crippen LogP) is 6.05. The molecule has 0 unspecified atom stereocenters. The molecule has 0 aliphatic carbocycles. The summed E-state index contributed by atoms with van der Waals surface area (Å²) in [7, 11) is -4.22. The number of hydrogen-bond acceptors (Lipinski definition) is 6. The number of aromatic nitrogens is 3. The predicted molar refractivity (Wildman–Crippen MR) is 120 cm³/mol. The standard InChI is InChI=1S/C23H25F2N3O4S/c1-17-12-15-28-22(21(17)18-9-7-14-26-18)33(24,25,20-11-8-16-32-20,19-10-5-6-13-27-19)23(29-2,30-3)31-4/h5-16,26H,1-4H3. The number of nitrogens with zero attached hydrogens (tertiary/aromatic N) is 2. The van der Waals surface area contributed by atoms with Crippen molar-refractivity contribution >= 4 is 9.07 Å². The van der Waals surface area contributed by atoms with Crippen molar-refractivity contribution in [2.75, 3.05) is 21.3 Å². The Hall–Kier alpha value is -3.05. The molecule has 0 aliphatic heterocycles. The summed E-state index contributed by atoms with van der Waals surface area (Å²) in [5, 5.41) is -4.99. The van der Waals surface area contributed by atoms with E-state index in [1.165, 1.54) is 42.7 Å². The minimum Gasteiger partial charge on any atom is -0.456 e. The maximum Gasteiger partial charge on any atom is 0.369 e. The molecule has 0 spiro atoms. The second kappa shape index (κ2) is 7.49. The van der Waals surface area contributed by atoms with Gasteiger partial charge >= 0.3 is 5.31 Å². The lowest BCUT2D eigenvalue weighted by Crippen LogP contribution is -2.55. The molecule has 33 heavy (non-hydrogen) atoms. The van der Waals surface area contributed by atoms with Crippen LogP contribution >= 0.6 is 9.07 Å². The van der Waals surface area contributed by atoms with E-state index in [1.807, 2.05) is 0 Å². The molecule has 4 aromatic heterocycles. The number of furan rings is 1. The third-order valence-corrected chi connectivity index (χ3v) is 10.9. The van der Waals surface area contributed by atoms with Crippen LogP contribution in [0.2, 0.25) is 0 Å². The van der Waals surface area contributed by atoms with E-state index in [0.717, 1.165) is 27.6 Å². The highest BCUT2D eigenvalue weighted by Crippen LogP contribution is 3.10. The van der Waals surface area contributed by atoms with Crippen molar-refractivity contribution < 1.29 is 26.4 Å². The monoisotopic (exact) mass is 477 g/mol. The van der Waals surface area contributed by atoms with Crippen LogP contribution in [-0.4, -0.2) is 41.6 Å². The molecule has 7 nitrogen and oxygen atoms in total. The van der Waals surface area contributed by atoms with Crippen LogP contribution in [0, 0.1) is 6.92 Å². The number of H-pyrrole nitrogens is 1. The highest BCUT2D eigenvalue weighted by molar-refractivity contribution is 8.57. The third-order valence-electron chi connectivity index (χ3n) is 5.80. The number of nitrogens with one attached hydrogen (secondary N) is 1. The van der Waals surface area contributed by atoms with Gasteiger partial charge in [0.1, 0.15) is 19.1 Å². The fourth-order valence-electron chi connectivity index (χ4n) is 4.32. The lowest BCUT2D eigenvalue weighted by Gasteiger charge is -2.67. The molecule has 0 radical (unpaired) electrons. The van der Waals surface area contributed by atoms with Crippen LogP contribution in [0.4, 0.5) is 7.77 Å². The van der Waals surface area contributed by atoms with E-state index in [9.17, 15) is 0 Å². The summed E-state index contributed by atoms with van der Waals surface area (Å²) in [5.74, 6) is 0. The lowest BCUT2D eigenvalue weighted by molar-refractivity contribution is -0.298. The summed E-state index contributed by atoms with van der Waals surface area (Å²) in [4.78, 5) is 11.5. The minimum atomic E-state index is -7.48. The molecule has 0 aromatic carbocycles. The highest BCUT2D eigenvalue weighted by Gasteiger charge is 2.87. The number of hydrogen-bond donors (Lipinski definition) is 1. The van der Waals surface area contributed by atoms with Crippen LogP contribution in [0.25, 0.3) is 11.3 Å². The average Bonchev–Trinajstić information content (AvgIpc) is 3.57. The van der Waals surface area contributed by atoms with Crippen LogP contribution in [0.15, 0.2) is 92.9 Å². The number of ether oxygens (including phenoxy) is 3. The van der Waals surface area contributed by atoms with Gasteiger partial charge in [0, 0.05) is 51.2 Å². The maximum absolute atomic E-state index is 19.1.